The summed E-state index contributed by atoms with van der Waals surface area (Å²) in [5.41, 5.74) is 9.59. The van der Waals surface area contributed by atoms with E-state index in [0.29, 0.717) is 11.4 Å². The fourth-order valence-electron chi connectivity index (χ4n) is 6.39. The molecule has 8 rings (SSSR count). The van der Waals surface area contributed by atoms with Crippen LogP contribution in [0.1, 0.15) is 0 Å². The molecule has 8 aromatic rings. The highest BCUT2D eigenvalue weighted by atomic mass is 15.0. The molecule has 0 atom stereocenters. The van der Waals surface area contributed by atoms with Gasteiger partial charge in [-0.05, 0) is 65.0 Å². The second-order valence-electron chi connectivity index (χ2n) is 10.4. The molecule has 0 amide bonds. The second kappa shape index (κ2) is 9.24. The summed E-state index contributed by atoms with van der Waals surface area (Å²) >= 11 is 0. The van der Waals surface area contributed by atoms with E-state index in [4.69, 9.17) is 13.1 Å². The molecule has 0 fully saturated rings. The third-order valence-corrected chi connectivity index (χ3v) is 8.14. The van der Waals surface area contributed by atoms with Crippen molar-refractivity contribution in [3.05, 3.63) is 156 Å². The van der Waals surface area contributed by atoms with Crippen molar-refractivity contribution in [3.8, 4) is 22.5 Å². The predicted molar refractivity (Wildman–Crippen MR) is 173 cm³/mol. The quantitative estimate of drug-likeness (QED) is 0.201. The third-order valence-electron chi connectivity index (χ3n) is 8.14. The van der Waals surface area contributed by atoms with Crippen LogP contribution in [0.4, 0.5) is 11.4 Å². The van der Waals surface area contributed by atoms with E-state index in [0.717, 1.165) is 44.3 Å². The van der Waals surface area contributed by atoms with Crippen molar-refractivity contribution in [1.29, 1.82) is 0 Å². The highest BCUT2D eigenvalue weighted by Crippen LogP contribution is 2.42. The van der Waals surface area contributed by atoms with E-state index in [1.807, 2.05) is 42.5 Å². The Labute approximate surface area is 242 Å². The topological polar surface area (TPSA) is 18.6 Å². The van der Waals surface area contributed by atoms with Gasteiger partial charge < -0.3 is 9.13 Å². The molecule has 0 aliphatic heterocycles. The predicted octanol–water partition coefficient (Wildman–Crippen LogP) is 10.6. The van der Waals surface area contributed by atoms with E-state index in [2.05, 4.69) is 110 Å². The van der Waals surface area contributed by atoms with Gasteiger partial charge in [-0.1, -0.05) is 84.9 Å². The molecule has 194 valence electrons. The number of nitrogens with zero attached hydrogens (tertiary/aromatic N) is 4. The Morgan fingerprint density at radius 1 is 0.476 bits per heavy atom. The first kappa shape index (κ1) is 23.8. The molecule has 4 heteroatoms. The first-order valence-corrected chi connectivity index (χ1v) is 13.8. The molecule has 6 aromatic carbocycles. The number of aromatic nitrogens is 2. The monoisotopic (exact) mass is 534 g/mol. The minimum Gasteiger partial charge on any atom is -0.319 e. The van der Waals surface area contributed by atoms with Gasteiger partial charge in [0.15, 0.2) is 5.69 Å². The first-order valence-electron chi connectivity index (χ1n) is 13.8. The Morgan fingerprint density at radius 2 is 1.14 bits per heavy atom. The van der Waals surface area contributed by atoms with Crippen LogP contribution in [0.15, 0.2) is 133 Å². The Bertz CT molecular complexity index is 2390. The van der Waals surface area contributed by atoms with E-state index in [1.54, 1.807) is 0 Å². The molecule has 0 saturated carbocycles. The van der Waals surface area contributed by atoms with Crippen LogP contribution in [0.25, 0.3) is 75.8 Å². The number of rotatable bonds is 3. The van der Waals surface area contributed by atoms with Crippen LogP contribution in [0.3, 0.4) is 0 Å². The zero-order valence-corrected chi connectivity index (χ0v) is 22.5. The van der Waals surface area contributed by atoms with Crippen molar-refractivity contribution in [1.82, 2.24) is 9.13 Å². The highest BCUT2D eigenvalue weighted by molar-refractivity contribution is 6.17. The average Bonchev–Trinajstić information content (AvgIpc) is 3.57. The molecule has 2 heterocycles. The Hall–Kier alpha value is -6.10. The van der Waals surface area contributed by atoms with Crippen molar-refractivity contribution in [3.63, 3.8) is 0 Å². The molecular formula is C38H22N4. The van der Waals surface area contributed by atoms with E-state index >= 15 is 0 Å². The normalized spacial score (nSPS) is 11.3. The zero-order chi connectivity index (χ0) is 28.2. The van der Waals surface area contributed by atoms with Crippen molar-refractivity contribution >= 4 is 55.0 Å². The van der Waals surface area contributed by atoms with Gasteiger partial charge in [-0.2, -0.15) is 0 Å². The van der Waals surface area contributed by atoms with Gasteiger partial charge in [-0.3, -0.25) is 0 Å². The van der Waals surface area contributed by atoms with Crippen molar-refractivity contribution in [2.75, 3.05) is 0 Å². The number of para-hydroxylation sites is 4. The standard InChI is InChI=1S/C38H22N4/c1-39-26-21-22-35-31(24-26)38-28(15-10-20-37(38)42(35)36-19-8-5-16-32(36)40-2)25-11-9-12-27(23-25)41-33-17-6-3-13-29(33)30-14-4-7-18-34(30)41/h3-24H. The lowest BCUT2D eigenvalue weighted by molar-refractivity contribution is 1.18. The molecule has 4 nitrogen and oxygen atoms in total. The molecule has 0 aliphatic carbocycles. The maximum absolute atomic E-state index is 7.82. The van der Waals surface area contributed by atoms with Crippen molar-refractivity contribution in [2.45, 2.75) is 0 Å². The Balaban J connectivity index is 1.44. The van der Waals surface area contributed by atoms with Crippen LogP contribution in [0.2, 0.25) is 0 Å². The van der Waals surface area contributed by atoms with Crippen LogP contribution in [0, 0.1) is 13.1 Å². The summed E-state index contributed by atoms with van der Waals surface area (Å²) < 4.78 is 4.49. The minimum absolute atomic E-state index is 0.587. The highest BCUT2D eigenvalue weighted by Gasteiger charge is 2.19. The lowest BCUT2D eigenvalue weighted by Crippen LogP contribution is -1.95. The molecular weight excluding hydrogens is 512 g/mol. The van der Waals surface area contributed by atoms with Gasteiger partial charge in [0.2, 0.25) is 5.69 Å². The molecule has 0 bridgehead atoms. The van der Waals surface area contributed by atoms with Gasteiger partial charge in [0, 0.05) is 21.8 Å². The van der Waals surface area contributed by atoms with Crippen LogP contribution in [-0.2, 0) is 0 Å². The van der Waals surface area contributed by atoms with Gasteiger partial charge in [0.1, 0.15) is 0 Å². The fourth-order valence-corrected chi connectivity index (χ4v) is 6.39. The summed E-state index contributed by atoms with van der Waals surface area (Å²) in [6.45, 7) is 15.5. The third kappa shape index (κ3) is 3.40. The zero-order valence-electron chi connectivity index (χ0n) is 22.5. The van der Waals surface area contributed by atoms with Gasteiger partial charge in [0.05, 0.1) is 40.9 Å². The summed E-state index contributed by atoms with van der Waals surface area (Å²) in [6.07, 6.45) is 0. The SMILES string of the molecule is [C-]#[N+]c1ccc2c(c1)c1c(-c3cccc(-n4c5ccccc5c5ccccc54)c3)cccc1n2-c1ccccc1[N+]#[C-]. The average molecular weight is 535 g/mol. The van der Waals surface area contributed by atoms with Crippen LogP contribution in [0.5, 0.6) is 0 Å². The number of hydrogen-bond donors (Lipinski definition) is 0. The van der Waals surface area contributed by atoms with Crippen molar-refractivity contribution < 1.29 is 0 Å². The van der Waals surface area contributed by atoms with Gasteiger partial charge in [-0.15, -0.1) is 0 Å². The van der Waals surface area contributed by atoms with Crippen LogP contribution >= 0.6 is 0 Å². The molecule has 0 aliphatic rings. The molecule has 42 heavy (non-hydrogen) atoms. The van der Waals surface area contributed by atoms with Gasteiger partial charge in [-0.25, -0.2) is 9.69 Å². The van der Waals surface area contributed by atoms with Crippen LogP contribution < -0.4 is 0 Å². The summed E-state index contributed by atoms with van der Waals surface area (Å²) in [5, 5.41) is 4.52. The number of fused-ring (bicyclic) bond motifs is 6. The van der Waals surface area contributed by atoms with E-state index in [1.165, 1.54) is 21.8 Å². The van der Waals surface area contributed by atoms with Crippen molar-refractivity contribution in [2.24, 2.45) is 0 Å². The maximum Gasteiger partial charge on any atom is 0.210 e. The molecule has 0 N–H and O–H groups in total. The Kier molecular flexibility index (Phi) is 5.22. The maximum atomic E-state index is 7.82. The summed E-state index contributed by atoms with van der Waals surface area (Å²) in [5.74, 6) is 0. The van der Waals surface area contributed by atoms with Gasteiger partial charge >= 0.3 is 0 Å². The smallest absolute Gasteiger partial charge is 0.210 e. The number of hydrogen-bond acceptors (Lipinski definition) is 0. The summed E-state index contributed by atoms with van der Waals surface area (Å²) in [4.78, 5) is 7.56. The Morgan fingerprint density at radius 3 is 1.90 bits per heavy atom. The van der Waals surface area contributed by atoms with E-state index in [-0.39, 0.29) is 0 Å². The molecule has 0 spiro atoms. The van der Waals surface area contributed by atoms with E-state index in [9.17, 15) is 0 Å². The summed E-state index contributed by atoms with van der Waals surface area (Å²) in [7, 11) is 0. The number of benzene rings is 6. The largest absolute Gasteiger partial charge is 0.319 e. The lowest BCUT2D eigenvalue weighted by Gasteiger charge is -2.12. The van der Waals surface area contributed by atoms with Crippen LogP contribution in [-0.4, -0.2) is 9.13 Å². The van der Waals surface area contributed by atoms with E-state index < -0.39 is 0 Å². The lowest BCUT2D eigenvalue weighted by atomic mass is 9.98. The minimum atomic E-state index is 0.587. The molecule has 2 aromatic heterocycles. The second-order valence-corrected chi connectivity index (χ2v) is 10.4. The van der Waals surface area contributed by atoms with Gasteiger partial charge in [0.25, 0.3) is 0 Å². The fraction of sp³-hybridized carbons (Fsp3) is 0. The molecule has 0 unspecified atom stereocenters. The summed E-state index contributed by atoms with van der Waals surface area (Å²) in [6, 6.07) is 45.7. The molecule has 0 radical (unpaired) electrons. The molecule has 0 saturated heterocycles. The first-order chi connectivity index (χ1) is 20.8.